The maximum atomic E-state index is 13.8. The molecule has 0 radical (unpaired) electrons. The zero-order chi connectivity index (χ0) is 104. The molecule has 1 unspecified atom stereocenters. The molecule has 0 spiro atoms. The van der Waals surface area contributed by atoms with Crippen LogP contribution in [0.5, 0.6) is 5.75 Å². The third-order valence-electron chi connectivity index (χ3n) is 29.4. The molecule has 3 N–H and O–H groups in total. The predicted molar refractivity (Wildman–Crippen MR) is 592 cm³/mol. The van der Waals surface area contributed by atoms with Gasteiger partial charge in [0.25, 0.3) is 23.6 Å². The number of piperazine rings is 1. The number of likely N-dealkylation sites (tertiary alicyclic amines) is 4. The minimum absolute atomic E-state index is 0.00387. The number of nitrogens with one attached hydrogen (secondary N) is 3. The number of aromatic nitrogens is 7. The van der Waals surface area contributed by atoms with Gasteiger partial charge in [-0.15, -0.1) is 0 Å². The number of hydrogen-bond acceptors (Lipinski definition) is 13. The van der Waals surface area contributed by atoms with Gasteiger partial charge in [-0.3, -0.25) is 58.2 Å². The average molecular weight is 2090 g/mol. The molecular weight excluding hydrogens is 1960 g/mol. The van der Waals surface area contributed by atoms with Crippen LogP contribution in [0.15, 0.2) is 316 Å². The topological polar surface area (TPSA) is 260 Å². The van der Waals surface area contributed by atoms with E-state index in [1.54, 1.807) is 31.9 Å². The first-order chi connectivity index (χ1) is 73.1. The number of piperidine rings is 4. The van der Waals surface area contributed by atoms with Gasteiger partial charge in [0, 0.05) is 249 Å². The van der Waals surface area contributed by atoms with E-state index >= 15 is 0 Å². The number of halogens is 4. The molecule has 21 rings (SSSR count). The highest BCUT2D eigenvalue weighted by Crippen LogP contribution is 2.34. The van der Waals surface area contributed by atoms with Crippen molar-refractivity contribution in [3.05, 3.63) is 404 Å². The van der Waals surface area contributed by atoms with Gasteiger partial charge < -0.3 is 63.5 Å². The fourth-order valence-corrected chi connectivity index (χ4v) is 21.4. The van der Waals surface area contributed by atoms with Crippen molar-refractivity contribution in [2.45, 2.75) is 110 Å². The van der Waals surface area contributed by atoms with Crippen LogP contribution in [-0.2, 0) is 64.7 Å². The lowest BCUT2D eigenvalue weighted by molar-refractivity contribution is -0.138. The number of benzene rings is 9. The van der Waals surface area contributed by atoms with E-state index in [4.69, 9.17) is 51.1 Å². The molecule has 8 amide bonds. The Morgan fingerprint density at radius 2 is 0.640 bits per heavy atom. The van der Waals surface area contributed by atoms with Gasteiger partial charge in [-0.1, -0.05) is 192 Å². The number of nitrogens with zero attached hydrogens (tertiary/aromatic N) is 13. The van der Waals surface area contributed by atoms with Crippen molar-refractivity contribution in [3.8, 4) is 5.75 Å². The van der Waals surface area contributed by atoms with Gasteiger partial charge in [-0.05, 0) is 249 Å². The van der Waals surface area contributed by atoms with Crippen LogP contribution >= 0.6 is 46.4 Å². The number of pyridine rings is 3. The largest absolute Gasteiger partial charge is 0.497 e. The van der Waals surface area contributed by atoms with Crippen LogP contribution in [0.1, 0.15) is 151 Å². The van der Waals surface area contributed by atoms with Crippen LogP contribution in [0.2, 0.25) is 20.1 Å². The Kier molecular flexibility index (Phi) is 35.4. The molecule has 5 fully saturated rings. The number of rotatable bonds is 27. The van der Waals surface area contributed by atoms with Crippen LogP contribution in [0, 0.1) is 23.7 Å². The zero-order valence-electron chi connectivity index (χ0n) is 84.4. The van der Waals surface area contributed by atoms with Gasteiger partial charge in [-0.25, -0.2) is 0 Å². The SMILES string of the molecule is CC(NC(=O)C1CCN(C(=O)c2cc3ccccc3n2Cc2ccc(Cl)cc2)CC1)c1ccncc1.COc1cccc(CCNC(=O)C2CCN(C(=O)c3cc4ccccc4n3Cc3ccc(Cl)cc3)CC2)c1.O=C(NCCc1cccnc1)C1CCN(C(=O)c2cc3ccccc3n2Cc2ccc(Cl)cc2)CC1.O=C(c1cc2ccccc2n1Cc1ccc(Cl)cc1)N1CCC(C(=O)N2CCN(Cc3cccnc3)CC2)CC1. The highest BCUT2D eigenvalue weighted by atomic mass is 35.5. The second kappa shape index (κ2) is 50.5. The Hall–Kier alpha value is -14.7. The second-order valence-electron chi connectivity index (χ2n) is 39.2. The Bertz CT molecular complexity index is 7330. The minimum Gasteiger partial charge on any atom is -0.497 e. The number of carbonyl (C=O) groups is 8. The summed E-state index contributed by atoms with van der Waals surface area (Å²) in [7, 11) is 1.65. The average Bonchev–Trinajstić information content (AvgIpc) is 1.64. The van der Waals surface area contributed by atoms with E-state index in [0.717, 1.165) is 134 Å². The second-order valence-corrected chi connectivity index (χ2v) is 41.0. The molecule has 0 saturated carbocycles. The summed E-state index contributed by atoms with van der Waals surface area (Å²) in [6.45, 7) is 14.2. The molecule has 7 aromatic heterocycles. The zero-order valence-corrected chi connectivity index (χ0v) is 87.4. The molecule has 25 nitrogen and oxygen atoms in total. The Morgan fingerprint density at radius 1 is 0.313 bits per heavy atom. The van der Waals surface area contributed by atoms with Crippen LogP contribution in [0.25, 0.3) is 43.6 Å². The van der Waals surface area contributed by atoms with E-state index in [1.807, 2.05) is 311 Å². The van der Waals surface area contributed by atoms with Gasteiger partial charge >= 0.3 is 0 Å². The molecule has 12 heterocycles. The number of methoxy groups -OCH3 is 1. The van der Waals surface area contributed by atoms with E-state index < -0.39 is 0 Å². The summed E-state index contributed by atoms with van der Waals surface area (Å²) in [5.41, 5.74) is 15.6. The standard InChI is InChI=1S/C32H34ClN5O2.C31H32ClN3O3.2C29H29ClN4O2/c33-28-9-7-24(8-10-28)23-38-29-6-2-1-5-27(29)20-30(38)32(40)36-14-11-26(12-15-36)31(39)37-18-16-35(17-19-37)22-25-4-3-13-34-21-25;1-38-27-7-4-5-22(19-27)13-16-33-30(36)24-14-17-34(18-15-24)31(37)29-20-25-6-2-3-8-28(25)35(29)21-23-9-11-26(32)12-10-23;1-20(22-10-14-31-15-11-22)32-28(35)23-12-16-33(17-13-23)29(36)27-18-24-4-2-3-5-26(24)34(27)19-21-6-8-25(30)9-7-21;30-25-9-7-22(8-10-25)20-34-26-6-2-1-5-24(26)18-27(34)29(36)33-16-12-23(13-17-33)28(35)32-15-11-21-4-3-14-31-19-21/h1-10,13,20-21,26H,11-12,14-19,22-23H2;2-12,19-20,24H,13-18,21H2,1H3,(H,33,36);2-11,14-15,18,20,23H,12-13,16-17,19H2,1H3,(H,32,35);1-10,14,18-19,23H,11-13,15-17,20H2,(H,32,35). The molecule has 0 bridgehead atoms. The first-order valence-electron chi connectivity index (χ1n) is 51.8. The number of hydrogen-bond donors (Lipinski definition) is 3. The molecule has 1 atom stereocenters. The summed E-state index contributed by atoms with van der Waals surface area (Å²) in [6.07, 6.45) is 17.6. The summed E-state index contributed by atoms with van der Waals surface area (Å²) < 4.78 is 13.6. The van der Waals surface area contributed by atoms with Gasteiger partial charge in [0.15, 0.2) is 0 Å². The third kappa shape index (κ3) is 26.7. The lowest BCUT2D eigenvalue weighted by Crippen LogP contribution is -2.51. The first-order valence-corrected chi connectivity index (χ1v) is 53.3. The van der Waals surface area contributed by atoms with Crippen molar-refractivity contribution in [2.24, 2.45) is 23.7 Å². The highest BCUT2D eigenvalue weighted by Gasteiger charge is 2.37. The van der Waals surface area contributed by atoms with Gasteiger partial charge in [-0.2, -0.15) is 0 Å². The summed E-state index contributed by atoms with van der Waals surface area (Å²) in [5.74, 6) is 1.03. The Balaban J connectivity index is 0.000000131. The molecule has 5 saturated heterocycles. The number of fused-ring (bicyclic) bond motifs is 4. The molecule has 5 aliphatic rings. The molecule has 770 valence electrons. The molecule has 5 aliphatic heterocycles. The van der Waals surface area contributed by atoms with Crippen LogP contribution in [-0.4, -0.2) is 209 Å². The quantitative estimate of drug-likeness (QED) is 0.0433. The van der Waals surface area contributed by atoms with Crippen molar-refractivity contribution in [1.29, 1.82) is 0 Å². The number of carbonyl (C=O) groups excluding carboxylic acids is 8. The minimum atomic E-state index is -0.0988. The van der Waals surface area contributed by atoms with Crippen molar-refractivity contribution in [1.82, 2.24) is 78.6 Å². The summed E-state index contributed by atoms with van der Waals surface area (Å²) in [5, 5.41) is 16.2. The Morgan fingerprint density at radius 3 is 0.987 bits per heavy atom. The molecule has 0 aliphatic carbocycles. The third-order valence-corrected chi connectivity index (χ3v) is 30.4. The maximum absolute atomic E-state index is 13.8. The maximum Gasteiger partial charge on any atom is 0.270 e. The molecule has 9 aromatic carbocycles. The van der Waals surface area contributed by atoms with Gasteiger partial charge in [0.2, 0.25) is 23.6 Å². The number of amides is 8. The van der Waals surface area contributed by atoms with Crippen LogP contribution < -0.4 is 20.7 Å². The summed E-state index contributed by atoms with van der Waals surface area (Å²) >= 11 is 24.3. The number of para-hydroxylation sites is 4. The molecule has 150 heavy (non-hydrogen) atoms. The van der Waals surface area contributed by atoms with Crippen molar-refractivity contribution in [2.75, 3.05) is 98.7 Å². The van der Waals surface area contributed by atoms with Crippen molar-refractivity contribution in [3.63, 3.8) is 0 Å². The van der Waals surface area contributed by atoms with E-state index in [1.165, 1.54) is 5.56 Å². The number of ether oxygens (including phenoxy) is 1. The fraction of sp³-hybridized carbons (Fsp3) is 0.298. The van der Waals surface area contributed by atoms with Crippen LogP contribution in [0.4, 0.5) is 0 Å². The van der Waals surface area contributed by atoms with E-state index in [2.05, 4.69) is 66.2 Å². The van der Waals surface area contributed by atoms with E-state index in [-0.39, 0.29) is 77.0 Å². The van der Waals surface area contributed by atoms with Gasteiger partial charge in [0.1, 0.15) is 28.5 Å². The summed E-state index contributed by atoms with van der Waals surface area (Å²) in [6, 6.07) is 90.7. The van der Waals surface area contributed by atoms with E-state index in [9.17, 15) is 38.4 Å². The monoisotopic (exact) mass is 2080 g/mol. The van der Waals surface area contributed by atoms with E-state index in [0.29, 0.717) is 186 Å². The lowest BCUT2D eigenvalue weighted by atomic mass is 9.94. The van der Waals surface area contributed by atoms with Crippen molar-refractivity contribution < 1.29 is 43.1 Å². The molecule has 16 aromatic rings. The van der Waals surface area contributed by atoms with Crippen LogP contribution in [0.3, 0.4) is 0 Å². The van der Waals surface area contributed by atoms with Gasteiger partial charge in [0.05, 0.1) is 13.2 Å². The first kappa shape index (κ1) is 105. The summed E-state index contributed by atoms with van der Waals surface area (Å²) in [4.78, 5) is 131. The smallest absolute Gasteiger partial charge is 0.270 e. The fourth-order valence-electron chi connectivity index (χ4n) is 20.9. The predicted octanol–water partition coefficient (Wildman–Crippen LogP) is 20.9. The highest BCUT2D eigenvalue weighted by molar-refractivity contribution is 6.31. The van der Waals surface area contributed by atoms with Crippen molar-refractivity contribution >= 4 is 137 Å². The lowest BCUT2D eigenvalue weighted by Gasteiger charge is -2.38. The Labute approximate surface area is 894 Å². The molecular formula is C121H124Cl4N16O9. The normalized spacial score (nSPS) is 15.1. The molecule has 29 heteroatoms.